The summed E-state index contributed by atoms with van der Waals surface area (Å²) in [6.45, 7) is 18.1. The van der Waals surface area contributed by atoms with Crippen molar-refractivity contribution in [2.45, 2.75) is 47.5 Å². The first-order valence-corrected chi connectivity index (χ1v) is 14.4. The molecule has 0 saturated heterocycles. The van der Waals surface area contributed by atoms with E-state index in [1.165, 1.54) is 11.1 Å². The lowest BCUT2D eigenvalue weighted by Crippen LogP contribution is -1.96. The van der Waals surface area contributed by atoms with Crippen molar-refractivity contribution < 1.29 is 0 Å². The third-order valence-corrected chi connectivity index (χ3v) is 7.01. The molecule has 0 saturated carbocycles. The first-order chi connectivity index (χ1) is 20.5. The molecule has 0 radical (unpaired) electrons. The van der Waals surface area contributed by atoms with Crippen LogP contribution in [0.25, 0.3) is 33.6 Å². The predicted molar refractivity (Wildman–Crippen MR) is 177 cm³/mol. The summed E-state index contributed by atoms with van der Waals surface area (Å²) in [6.07, 6.45) is 17.5. The number of imidazole rings is 1. The normalized spacial score (nSPS) is 12.3. The molecule has 0 aliphatic rings. The summed E-state index contributed by atoms with van der Waals surface area (Å²) in [6, 6.07) is 14.8. The van der Waals surface area contributed by atoms with Gasteiger partial charge in [-0.15, -0.1) is 0 Å². The third kappa shape index (κ3) is 6.66. The zero-order chi connectivity index (χ0) is 30.1. The summed E-state index contributed by atoms with van der Waals surface area (Å²) >= 11 is 0. The molecule has 0 fully saturated rings. The topological polar surface area (TPSA) is 75.2 Å². The van der Waals surface area contributed by atoms with Crippen LogP contribution in [0.5, 0.6) is 0 Å². The van der Waals surface area contributed by atoms with Gasteiger partial charge < -0.3 is 9.55 Å². The van der Waals surface area contributed by atoms with Crippen LogP contribution in [-0.4, -0.2) is 29.7 Å². The number of benzene rings is 1. The van der Waals surface area contributed by atoms with Gasteiger partial charge in [0, 0.05) is 22.8 Å². The van der Waals surface area contributed by atoms with Crippen LogP contribution < -0.4 is 0 Å². The number of allylic oxidation sites excluding steroid dienone is 7. The Morgan fingerprint density at radius 2 is 1.83 bits per heavy atom. The number of hydrogen-bond acceptors (Lipinski definition) is 3. The fraction of sp³-hybridized carbons (Fsp3) is 0.194. The number of hydrogen-bond donors (Lipinski definition) is 2. The minimum Gasteiger partial charge on any atom is -0.357 e. The largest absolute Gasteiger partial charge is 0.357 e. The number of pyridine rings is 1. The molecule has 1 aromatic carbocycles. The van der Waals surface area contributed by atoms with Crippen LogP contribution in [0.2, 0.25) is 0 Å². The van der Waals surface area contributed by atoms with Crippen LogP contribution in [0.1, 0.15) is 55.4 Å². The van der Waals surface area contributed by atoms with Gasteiger partial charge in [-0.2, -0.15) is 5.10 Å². The number of fused-ring (bicyclic) bond motifs is 1. The molecule has 0 bridgehead atoms. The number of H-pyrrole nitrogens is 2. The van der Waals surface area contributed by atoms with Gasteiger partial charge in [-0.25, -0.2) is 4.98 Å². The Morgan fingerprint density at radius 3 is 2.50 bits per heavy atom. The number of nitrogens with zero attached hydrogens (tertiary/aromatic N) is 4. The highest BCUT2D eigenvalue weighted by molar-refractivity contribution is 5.94. The fourth-order valence-electron chi connectivity index (χ4n) is 4.88. The van der Waals surface area contributed by atoms with Gasteiger partial charge in [0.05, 0.1) is 40.8 Å². The summed E-state index contributed by atoms with van der Waals surface area (Å²) in [5.41, 5.74) is 11.1. The van der Waals surface area contributed by atoms with Gasteiger partial charge in [0.25, 0.3) is 0 Å². The molecule has 6 heteroatoms. The summed E-state index contributed by atoms with van der Waals surface area (Å²) in [5, 5.41) is 8.81. The Kier molecular flexibility index (Phi) is 10.1. The van der Waals surface area contributed by atoms with Gasteiger partial charge in [0.2, 0.25) is 0 Å². The summed E-state index contributed by atoms with van der Waals surface area (Å²) < 4.78 is 2.02. The summed E-state index contributed by atoms with van der Waals surface area (Å²) in [7, 11) is 0. The average Bonchev–Trinajstić information content (AvgIpc) is 3.75. The second kappa shape index (κ2) is 14.1. The quantitative estimate of drug-likeness (QED) is 0.169. The molecule has 42 heavy (non-hydrogen) atoms. The van der Waals surface area contributed by atoms with Crippen LogP contribution in [0.4, 0.5) is 0 Å². The lowest BCUT2D eigenvalue weighted by Gasteiger charge is -2.07. The van der Waals surface area contributed by atoms with E-state index in [0.29, 0.717) is 0 Å². The van der Waals surface area contributed by atoms with Crippen molar-refractivity contribution in [2.75, 3.05) is 0 Å². The maximum atomic E-state index is 4.75. The van der Waals surface area contributed by atoms with E-state index in [1.807, 2.05) is 69.2 Å². The Labute approximate surface area is 249 Å². The molecule has 0 amide bonds. The Balaban J connectivity index is 0.00000198. The van der Waals surface area contributed by atoms with E-state index in [2.05, 4.69) is 88.8 Å². The van der Waals surface area contributed by atoms with E-state index < -0.39 is 0 Å². The minimum absolute atomic E-state index is 0.847. The lowest BCUT2D eigenvalue weighted by molar-refractivity contribution is 0.966. The van der Waals surface area contributed by atoms with E-state index in [0.717, 1.165) is 69.0 Å². The van der Waals surface area contributed by atoms with Gasteiger partial charge in [0.1, 0.15) is 5.69 Å². The predicted octanol–water partition coefficient (Wildman–Crippen LogP) is 9.02. The number of aromatic nitrogens is 6. The first kappa shape index (κ1) is 30.0. The molecular weight excluding hydrogens is 516 g/mol. The molecule has 0 atom stereocenters. The molecule has 0 unspecified atom stereocenters. The van der Waals surface area contributed by atoms with E-state index in [4.69, 9.17) is 4.98 Å². The highest BCUT2D eigenvalue weighted by Gasteiger charge is 2.17. The van der Waals surface area contributed by atoms with Crippen molar-refractivity contribution >= 4 is 22.2 Å². The second-order valence-corrected chi connectivity index (χ2v) is 9.77. The Morgan fingerprint density at radius 1 is 1.05 bits per heavy atom. The highest BCUT2D eigenvalue weighted by Crippen LogP contribution is 2.32. The molecule has 6 nitrogen and oxygen atoms in total. The van der Waals surface area contributed by atoms with Gasteiger partial charge >= 0.3 is 0 Å². The fourth-order valence-corrected chi connectivity index (χ4v) is 4.88. The van der Waals surface area contributed by atoms with Crippen molar-refractivity contribution in [1.29, 1.82) is 0 Å². The zero-order valence-corrected chi connectivity index (χ0v) is 25.3. The molecule has 0 spiro atoms. The van der Waals surface area contributed by atoms with Gasteiger partial charge in [-0.1, -0.05) is 75.6 Å². The molecule has 5 aromatic rings. The van der Waals surface area contributed by atoms with E-state index >= 15 is 0 Å². The minimum atomic E-state index is 0.847. The molecule has 0 aliphatic heterocycles. The van der Waals surface area contributed by atoms with Crippen molar-refractivity contribution in [3.63, 3.8) is 0 Å². The van der Waals surface area contributed by atoms with Gasteiger partial charge in [-0.3, -0.25) is 10.1 Å². The van der Waals surface area contributed by atoms with Crippen LogP contribution in [0.3, 0.4) is 0 Å². The van der Waals surface area contributed by atoms with E-state index in [-0.39, 0.29) is 0 Å². The molecule has 4 aromatic heterocycles. The highest BCUT2D eigenvalue weighted by atomic mass is 15.1. The molecule has 5 rings (SSSR count). The molecule has 4 heterocycles. The zero-order valence-electron chi connectivity index (χ0n) is 25.3. The van der Waals surface area contributed by atoms with E-state index in [1.54, 1.807) is 6.08 Å². The Bertz CT molecular complexity index is 1750. The Hall–Kier alpha value is -4.97. The number of aromatic amines is 2. The number of nitrogens with one attached hydrogen (secondary N) is 2. The van der Waals surface area contributed by atoms with Crippen molar-refractivity contribution in [1.82, 2.24) is 29.7 Å². The van der Waals surface area contributed by atoms with Gasteiger partial charge in [0.15, 0.2) is 0 Å². The standard InChI is InChI=1S/C34H34N6.C2H6/c1-6-12-33(40-21-23(4)36-22-40)28-18-31(37-24(28)5)34-29-19-30(35-20-32(29)38-39-34)27(8-3)17-25(7-2)15-16-26-13-10-9-11-14-26;1-2/h6-14,17-22,37H,1-2,15-16H2,3-5H3,(H,38,39);1-2H3/b25-17+,27-8+,33-12+;. The van der Waals surface area contributed by atoms with Crippen molar-refractivity contribution in [2.24, 2.45) is 0 Å². The molecule has 214 valence electrons. The van der Waals surface area contributed by atoms with Crippen LogP contribution in [0.15, 0.2) is 110 Å². The van der Waals surface area contributed by atoms with Crippen molar-refractivity contribution in [3.8, 4) is 11.4 Å². The third-order valence-electron chi connectivity index (χ3n) is 7.01. The van der Waals surface area contributed by atoms with Crippen molar-refractivity contribution in [3.05, 3.63) is 139 Å². The number of aryl methyl sites for hydroxylation is 3. The maximum absolute atomic E-state index is 4.75. The van der Waals surface area contributed by atoms with Crippen LogP contribution >= 0.6 is 0 Å². The molecule has 0 aliphatic carbocycles. The van der Waals surface area contributed by atoms with Crippen LogP contribution in [0, 0.1) is 13.8 Å². The molecule has 2 N–H and O–H groups in total. The maximum Gasteiger partial charge on any atom is 0.116 e. The first-order valence-electron chi connectivity index (χ1n) is 14.4. The average molecular weight is 557 g/mol. The van der Waals surface area contributed by atoms with Gasteiger partial charge in [-0.05, 0) is 74.6 Å². The lowest BCUT2D eigenvalue weighted by atomic mass is 10.0. The summed E-state index contributed by atoms with van der Waals surface area (Å²) in [5.74, 6) is 0. The smallest absolute Gasteiger partial charge is 0.116 e. The number of rotatable bonds is 10. The van der Waals surface area contributed by atoms with E-state index in [9.17, 15) is 0 Å². The molecular formula is C36H40N6. The monoisotopic (exact) mass is 556 g/mol. The van der Waals surface area contributed by atoms with Crippen LogP contribution in [-0.2, 0) is 6.42 Å². The SMILES string of the molecule is C=C/C=C(\c1cc(-c2n[nH]c3cnc(C(/C=C(\C=C)CCc4ccccc4)=C/C)cc23)[nH]c1C)n1cnc(C)c1.CC. The summed E-state index contributed by atoms with van der Waals surface area (Å²) in [4.78, 5) is 12.7. The second-order valence-electron chi connectivity index (χ2n) is 9.77.